The van der Waals surface area contributed by atoms with E-state index in [4.69, 9.17) is 10.5 Å². The van der Waals surface area contributed by atoms with Gasteiger partial charge in [0, 0.05) is 6.54 Å². The van der Waals surface area contributed by atoms with Crippen molar-refractivity contribution in [3.8, 4) is 0 Å². The van der Waals surface area contributed by atoms with Crippen LogP contribution in [0.3, 0.4) is 0 Å². The largest absolute Gasteiger partial charge is 0.460 e. The van der Waals surface area contributed by atoms with Gasteiger partial charge in [-0.25, -0.2) is 0 Å². The number of hydrogen-bond acceptors (Lipinski definition) is 4. The number of nitrogens with one attached hydrogen (secondary N) is 1. The molecule has 122 valence electrons. The zero-order valence-corrected chi connectivity index (χ0v) is 13.9. The Morgan fingerprint density at radius 2 is 1.95 bits per heavy atom. The second-order valence-corrected chi connectivity index (χ2v) is 7.08. The van der Waals surface area contributed by atoms with Crippen molar-refractivity contribution in [1.29, 1.82) is 0 Å². The van der Waals surface area contributed by atoms with Crippen molar-refractivity contribution >= 4 is 5.97 Å². The first kappa shape index (κ1) is 17.0. The number of piperidine rings is 1. The lowest BCUT2D eigenvalue weighted by atomic mass is 9.88. The summed E-state index contributed by atoms with van der Waals surface area (Å²) in [5, 5.41) is 3.39. The van der Waals surface area contributed by atoms with Crippen LogP contribution in [-0.2, 0) is 22.7 Å². The van der Waals surface area contributed by atoms with Crippen molar-refractivity contribution < 1.29 is 9.53 Å². The number of nitrogens with two attached hydrogens (primary N) is 1. The molecule has 1 aromatic carbocycles. The van der Waals surface area contributed by atoms with Gasteiger partial charge < -0.3 is 15.8 Å². The Hall–Kier alpha value is -1.39. The van der Waals surface area contributed by atoms with Crippen LogP contribution in [0.5, 0.6) is 0 Å². The first-order valence-electron chi connectivity index (χ1n) is 8.11. The Labute approximate surface area is 133 Å². The summed E-state index contributed by atoms with van der Waals surface area (Å²) in [7, 11) is 0. The first-order chi connectivity index (χ1) is 10.4. The van der Waals surface area contributed by atoms with E-state index in [0.29, 0.717) is 19.1 Å². The van der Waals surface area contributed by atoms with Gasteiger partial charge in [-0.1, -0.05) is 18.2 Å². The van der Waals surface area contributed by atoms with Crippen LogP contribution in [0, 0.1) is 5.41 Å². The number of hydrogen-bond donors (Lipinski definition) is 2. The molecular formula is C18H28N2O2. The van der Waals surface area contributed by atoms with Gasteiger partial charge in [0.25, 0.3) is 0 Å². The quantitative estimate of drug-likeness (QED) is 0.840. The monoisotopic (exact) mass is 304 g/mol. The summed E-state index contributed by atoms with van der Waals surface area (Å²) in [5.41, 5.74) is 8.86. The SMILES string of the molecule is CC(C)(C)C(=O)OCc1ccc(C2CCNCC2)cc1CN. The summed E-state index contributed by atoms with van der Waals surface area (Å²) in [4.78, 5) is 11.9. The third-order valence-corrected chi connectivity index (χ3v) is 4.23. The van der Waals surface area contributed by atoms with Crippen molar-refractivity contribution in [2.24, 2.45) is 11.1 Å². The standard InChI is InChI=1S/C18H28N2O2/c1-18(2,3)17(21)22-12-15-5-4-14(10-16(15)11-19)13-6-8-20-9-7-13/h4-5,10,13,20H,6-9,11-12,19H2,1-3H3. The van der Waals surface area contributed by atoms with Crippen LogP contribution in [0.1, 0.15) is 56.2 Å². The second kappa shape index (κ2) is 7.25. The first-order valence-corrected chi connectivity index (χ1v) is 8.11. The lowest BCUT2D eigenvalue weighted by molar-refractivity contribution is -0.154. The summed E-state index contributed by atoms with van der Waals surface area (Å²) in [6, 6.07) is 6.42. The number of rotatable bonds is 4. The highest BCUT2D eigenvalue weighted by molar-refractivity contribution is 5.75. The number of esters is 1. The van der Waals surface area contributed by atoms with Gasteiger partial charge in [-0.05, 0) is 69.3 Å². The third-order valence-electron chi connectivity index (χ3n) is 4.23. The van der Waals surface area contributed by atoms with Crippen LogP contribution in [0.4, 0.5) is 0 Å². The van der Waals surface area contributed by atoms with Crippen LogP contribution in [-0.4, -0.2) is 19.1 Å². The predicted octanol–water partition coefficient (Wildman–Crippen LogP) is 2.70. The van der Waals surface area contributed by atoms with Crippen molar-refractivity contribution in [2.45, 2.75) is 52.7 Å². The maximum atomic E-state index is 11.9. The number of carbonyl (C=O) groups excluding carboxylic acids is 1. The van der Waals surface area contributed by atoms with Crippen molar-refractivity contribution in [3.63, 3.8) is 0 Å². The van der Waals surface area contributed by atoms with Crippen LogP contribution < -0.4 is 11.1 Å². The van der Waals surface area contributed by atoms with Crippen LogP contribution in [0.15, 0.2) is 18.2 Å². The van der Waals surface area contributed by atoms with Crippen LogP contribution in [0.2, 0.25) is 0 Å². The van der Waals surface area contributed by atoms with Crippen LogP contribution >= 0.6 is 0 Å². The molecule has 1 heterocycles. The molecule has 4 heteroatoms. The maximum absolute atomic E-state index is 11.9. The molecule has 22 heavy (non-hydrogen) atoms. The van der Waals surface area contributed by atoms with E-state index in [1.165, 1.54) is 18.4 Å². The van der Waals surface area contributed by atoms with E-state index < -0.39 is 5.41 Å². The Balaban J connectivity index is 2.07. The molecule has 0 unspecified atom stereocenters. The molecule has 0 bridgehead atoms. The smallest absolute Gasteiger partial charge is 0.311 e. The molecule has 0 aromatic heterocycles. The minimum atomic E-state index is -0.474. The summed E-state index contributed by atoms with van der Waals surface area (Å²) in [6.07, 6.45) is 2.34. The highest BCUT2D eigenvalue weighted by atomic mass is 16.5. The zero-order valence-electron chi connectivity index (χ0n) is 13.9. The summed E-state index contributed by atoms with van der Waals surface area (Å²) in [6.45, 7) is 8.51. The fourth-order valence-corrected chi connectivity index (χ4v) is 2.75. The van der Waals surface area contributed by atoms with Gasteiger partial charge in [0.15, 0.2) is 0 Å². The minimum absolute atomic E-state index is 0.182. The minimum Gasteiger partial charge on any atom is -0.460 e. The topological polar surface area (TPSA) is 64.3 Å². The highest BCUT2D eigenvalue weighted by Crippen LogP contribution is 2.27. The van der Waals surface area contributed by atoms with Gasteiger partial charge in [-0.3, -0.25) is 4.79 Å². The fourth-order valence-electron chi connectivity index (χ4n) is 2.75. The van der Waals surface area contributed by atoms with E-state index >= 15 is 0 Å². The van der Waals surface area contributed by atoms with E-state index in [-0.39, 0.29) is 5.97 Å². The van der Waals surface area contributed by atoms with Gasteiger partial charge in [-0.15, -0.1) is 0 Å². The second-order valence-electron chi connectivity index (χ2n) is 7.08. The zero-order chi connectivity index (χ0) is 16.2. The third kappa shape index (κ3) is 4.31. The predicted molar refractivity (Wildman–Crippen MR) is 88.4 cm³/mol. The van der Waals surface area contributed by atoms with Crippen molar-refractivity contribution in [2.75, 3.05) is 13.1 Å². The molecule has 0 saturated carbocycles. The van der Waals surface area contributed by atoms with Crippen molar-refractivity contribution in [3.05, 3.63) is 34.9 Å². The molecule has 0 atom stereocenters. The number of ether oxygens (including phenoxy) is 1. The molecular weight excluding hydrogens is 276 g/mol. The van der Waals surface area contributed by atoms with E-state index in [0.717, 1.165) is 24.2 Å². The molecule has 0 spiro atoms. The van der Waals surface area contributed by atoms with Gasteiger partial charge in [0.2, 0.25) is 0 Å². The molecule has 1 fully saturated rings. The van der Waals surface area contributed by atoms with Crippen LogP contribution in [0.25, 0.3) is 0 Å². The summed E-state index contributed by atoms with van der Waals surface area (Å²) >= 11 is 0. The molecule has 0 radical (unpaired) electrons. The van der Waals surface area contributed by atoms with E-state index in [9.17, 15) is 4.79 Å². The van der Waals surface area contributed by atoms with Gasteiger partial charge in [-0.2, -0.15) is 0 Å². The Bertz CT molecular complexity index is 514. The molecule has 0 aliphatic carbocycles. The Morgan fingerprint density at radius 1 is 1.27 bits per heavy atom. The Morgan fingerprint density at radius 3 is 2.55 bits per heavy atom. The highest BCUT2D eigenvalue weighted by Gasteiger charge is 2.23. The van der Waals surface area contributed by atoms with E-state index in [1.54, 1.807) is 0 Å². The molecule has 0 amide bonds. The summed E-state index contributed by atoms with van der Waals surface area (Å²) < 4.78 is 5.42. The van der Waals surface area contributed by atoms with Gasteiger partial charge in [0.05, 0.1) is 5.41 Å². The molecule has 1 aliphatic rings. The maximum Gasteiger partial charge on any atom is 0.311 e. The fraction of sp³-hybridized carbons (Fsp3) is 0.611. The van der Waals surface area contributed by atoms with Gasteiger partial charge >= 0.3 is 5.97 Å². The molecule has 1 saturated heterocycles. The van der Waals surface area contributed by atoms with Gasteiger partial charge in [0.1, 0.15) is 6.61 Å². The molecule has 2 rings (SSSR count). The van der Waals surface area contributed by atoms with E-state index in [1.807, 2.05) is 20.8 Å². The number of benzene rings is 1. The number of carbonyl (C=O) groups is 1. The average molecular weight is 304 g/mol. The lowest BCUT2D eigenvalue weighted by Gasteiger charge is -2.24. The summed E-state index contributed by atoms with van der Waals surface area (Å²) in [5.74, 6) is 0.427. The molecule has 1 aliphatic heterocycles. The van der Waals surface area contributed by atoms with Crippen molar-refractivity contribution in [1.82, 2.24) is 5.32 Å². The normalized spacial score (nSPS) is 16.5. The Kier molecular flexibility index (Phi) is 5.59. The molecule has 3 N–H and O–H groups in total. The lowest BCUT2D eigenvalue weighted by Crippen LogP contribution is -2.26. The molecule has 1 aromatic rings. The average Bonchev–Trinajstić information content (AvgIpc) is 2.52. The van der Waals surface area contributed by atoms with E-state index in [2.05, 4.69) is 23.5 Å². The molecule has 4 nitrogen and oxygen atoms in total.